The molecule has 1 aliphatic heterocycles. The van der Waals surface area contributed by atoms with Crippen molar-refractivity contribution in [2.45, 2.75) is 39.0 Å². The first-order valence-electron chi connectivity index (χ1n) is 11.0. The van der Waals surface area contributed by atoms with Gasteiger partial charge in [-0.05, 0) is 53.3 Å². The Hall–Kier alpha value is -3.08. The lowest BCUT2D eigenvalue weighted by Crippen LogP contribution is -2.28. The molecule has 0 bridgehead atoms. The largest absolute Gasteiger partial charge is 0.338 e. The van der Waals surface area contributed by atoms with Gasteiger partial charge in [0.05, 0.1) is 0 Å². The molecule has 0 aliphatic carbocycles. The van der Waals surface area contributed by atoms with Gasteiger partial charge in [-0.1, -0.05) is 45.0 Å². The number of hydrogen-bond donors (Lipinski definition) is 0. The molecule has 5 heteroatoms. The van der Waals surface area contributed by atoms with Crippen LogP contribution < -0.4 is 0 Å². The summed E-state index contributed by atoms with van der Waals surface area (Å²) in [5.74, 6) is -1.31. The van der Waals surface area contributed by atoms with Crippen molar-refractivity contribution in [1.82, 2.24) is 9.88 Å². The summed E-state index contributed by atoms with van der Waals surface area (Å²) in [7, 11) is 0. The fraction of sp³-hybridized carbons (Fsp3) is 0.333. The number of rotatable bonds is 4. The van der Waals surface area contributed by atoms with Crippen molar-refractivity contribution in [3.05, 3.63) is 101 Å². The van der Waals surface area contributed by atoms with Crippen molar-refractivity contribution < 1.29 is 13.6 Å². The third-order valence-electron chi connectivity index (χ3n) is 6.28. The lowest BCUT2D eigenvalue weighted by atomic mass is 9.72. The number of likely N-dealkylation sites (tertiary alicyclic amines) is 1. The molecule has 0 N–H and O–H groups in total. The Balaban J connectivity index is 1.56. The summed E-state index contributed by atoms with van der Waals surface area (Å²) >= 11 is 0. The number of pyridine rings is 1. The molecule has 2 atom stereocenters. The molecule has 0 spiro atoms. The Kier molecular flexibility index (Phi) is 6.09. The summed E-state index contributed by atoms with van der Waals surface area (Å²) in [6, 6.07) is 15.1. The molecule has 1 saturated heterocycles. The van der Waals surface area contributed by atoms with E-state index >= 15 is 0 Å². The molecule has 0 saturated carbocycles. The average molecular weight is 435 g/mol. The third kappa shape index (κ3) is 4.43. The quantitative estimate of drug-likeness (QED) is 0.492. The molecule has 1 aromatic heterocycles. The van der Waals surface area contributed by atoms with Gasteiger partial charge in [-0.3, -0.25) is 9.78 Å². The Morgan fingerprint density at radius 2 is 1.72 bits per heavy atom. The predicted octanol–water partition coefficient (Wildman–Crippen LogP) is 6.17. The van der Waals surface area contributed by atoms with Gasteiger partial charge >= 0.3 is 0 Å². The first-order chi connectivity index (χ1) is 15.3. The standard InChI is InChI=1S/C27H28F2N2O/c1-27(2,3)25(24-22(28)7-4-8-23(24)29)18-9-11-19(12-10-18)26(32)31-15-13-21(17-31)20-6-5-14-30-16-20/h4-12,14,16,21,25H,13,15,17H2,1-3H3. The number of hydrogen-bond acceptors (Lipinski definition) is 2. The summed E-state index contributed by atoms with van der Waals surface area (Å²) in [6.07, 6.45) is 4.52. The number of halogens is 2. The van der Waals surface area contributed by atoms with Crippen molar-refractivity contribution in [3.63, 3.8) is 0 Å². The van der Waals surface area contributed by atoms with Crippen molar-refractivity contribution in [2.24, 2.45) is 5.41 Å². The summed E-state index contributed by atoms with van der Waals surface area (Å²) in [6.45, 7) is 7.25. The number of nitrogens with zero attached hydrogens (tertiary/aromatic N) is 2. The van der Waals surface area contributed by atoms with Crippen LogP contribution in [0.5, 0.6) is 0 Å². The Labute approximate surface area is 188 Å². The number of carbonyl (C=O) groups excluding carboxylic acids is 1. The maximum absolute atomic E-state index is 14.6. The van der Waals surface area contributed by atoms with Crippen molar-refractivity contribution in [3.8, 4) is 0 Å². The van der Waals surface area contributed by atoms with Gasteiger partial charge in [0.2, 0.25) is 0 Å². The van der Waals surface area contributed by atoms with E-state index in [1.807, 2.05) is 50.1 Å². The number of carbonyl (C=O) groups is 1. The van der Waals surface area contributed by atoms with E-state index in [0.29, 0.717) is 24.6 Å². The minimum Gasteiger partial charge on any atom is -0.338 e. The molecule has 0 radical (unpaired) electrons. The topological polar surface area (TPSA) is 33.2 Å². The third-order valence-corrected chi connectivity index (χ3v) is 6.28. The van der Waals surface area contributed by atoms with Crippen LogP contribution in [0.2, 0.25) is 0 Å². The molecular weight excluding hydrogens is 406 g/mol. The highest BCUT2D eigenvalue weighted by Crippen LogP contribution is 2.42. The summed E-state index contributed by atoms with van der Waals surface area (Å²) in [5, 5.41) is 0. The van der Waals surface area contributed by atoms with E-state index in [9.17, 15) is 13.6 Å². The zero-order chi connectivity index (χ0) is 22.9. The van der Waals surface area contributed by atoms with Crippen LogP contribution in [0, 0.1) is 17.0 Å². The molecular formula is C27H28F2N2O. The normalized spacial score (nSPS) is 17.4. The fourth-order valence-corrected chi connectivity index (χ4v) is 4.72. The summed E-state index contributed by atoms with van der Waals surface area (Å²) in [5.41, 5.74) is 2.17. The molecule has 32 heavy (non-hydrogen) atoms. The van der Waals surface area contributed by atoms with Crippen LogP contribution in [0.15, 0.2) is 67.0 Å². The lowest BCUT2D eigenvalue weighted by Gasteiger charge is -2.32. The molecule has 1 amide bonds. The summed E-state index contributed by atoms with van der Waals surface area (Å²) in [4.78, 5) is 19.1. The first kappa shape index (κ1) is 22.1. The van der Waals surface area contributed by atoms with Gasteiger partial charge in [-0.15, -0.1) is 0 Å². The van der Waals surface area contributed by atoms with Crippen molar-refractivity contribution in [2.75, 3.05) is 13.1 Å². The van der Waals surface area contributed by atoms with E-state index in [1.54, 1.807) is 18.3 Å². The van der Waals surface area contributed by atoms with Crippen LogP contribution in [0.25, 0.3) is 0 Å². The highest BCUT2D eigenvalue weighted by Gasteiger charge is 2.33. The first-order valence-corrected chi connectivity index (χ1v) is 11.0. The minimum atomic E-state index is -0.552. The maximum atomic E-state index is 14.6. The molecule has 2 aromatic carbocycles. The van der Waals surface area contributed by atoms with Crippen LogP contribution in [0.1, 0.15) is 66.1 Å². The van der Waals surface area contributed by atoms with E-state index in [4.69, 9.17) is 0 Å². The SMILES string of the molecule is CC(C)(C)C(c1ccc(C(=O)N2CCC(c3cccnc3)C2)cc1)c1c(F)cccc1F. The van der Waals surface area contributed by atoms with Crippen molar-refractivity contribution >= 4 is 5.91 Å². The van der Waals surface area contributed by atoms with Gasteiger partial charge in [0.1, 0.15) is 11.6 Å². The second-order valence-corrected chi connectivity index (χ2v) is 9.58. The second kappa shape index (κ2) is 8.81. The van der Waals surface area contributed by atoms with E-state index in [0.717, 1.165) is 17.5 Å². The second-order valence-electron chi connectivity index (χ2n) is 9.58. The van der Waals surface area contributed by atoms with Crippen LogP contribution in [0.3, 0.4) is 0 Å². The number of amides is 1. The molecule has 3 nitrogen and oxygen atoms in total. The number of aromatic nitrogens is 1. The van der Waals surface area contributed by atoms with Gasteiger partial charge in [0.25, 0.3) is 5.91 Å². The lowest BCUT2D eigenvalue weighted by molar-refractivity contribution is 0.0790. The molecule has 2 unspecified atom stereocenters. The van der Waals surface area contributed by atoms with Gasteiger partial charge in [0.15, 0.2) is 0 Å². The average Bonchev–Trinajstić information content (AvgIpc) is 3.26. The zero-order valence-corrected chi connectivity index (χ0v) is 18.7. The Bertz CT molecular complexity index is 1070. The van der Waals surface area contributed by atoms with Crippen LogP contribution in [0.4, 0.5) is 8.78 Å². The smallest absolute Gasteiger partial charge is 0.253 e. The Morgan fingerprint density at radius 1 is 1.03 bits per heavy atom. The van der Waals surface area contributed by atoms with Crippen molar-refractivity contribution in [1.29, 1.82) is 0 Å². The highest BCUT2D eigenvalue weighted by atomic mass is 19.1. The Morgan fingerprint density at radius 3 is 2.31 bits per heavy atom. The van der Waals surface area contributed by atoms with Crippen LogP contribution >= 0.6 is 0 Å². The molecule has 4 rings (SSSR count). The maximum Gasteiger partial charge on any atom is 0.253 e. The predicted molar refractivity (Wildman–Crippen MR) is 122 cm³/mol. The van der Waals surface area contributed by atoms with Crippen LogP contribution in [-0.2, 0) is 0 Å². The number of benzene rings is 2. The van der Waals surface area contributed by atoms with Gasteiger partial charge in [-0.2, -0.15) is 0 Å². The van der Waals surface area contributed by atoms with Gasteiger partial charge in [0, 0.05) is 48.4 Å². The zero-order valence-electron chi connectivity index (χ0n) is 18.7. The van der Waals surface area contributed by atoms with E-state index in [1.165, 1.54) is 18.2 Å². The van der Waals surface area contributed by atoms with Gasteiger partial charge < -0.3 is 4.90 Å². The van der Waals surface area contributed by atoms with Crippen LogP contribution in [-0.4, -0.2) is 28.9 Å². The molecule has 3 aromatic rings. The molecule has 1 fully saturated rings. The molecule has 1 aliphatic rings. The summed E-state index contributed by atoms with van der Waals surface area (Å²) < 4.78 is 29.2. The fourth-order valence-electron chi connectivity index (χ4n) is 4.72. The molecule has 166 valence electrons. The van der Waals surface area contributed by atoms with E-state index in [2.05, 4.69) is 11.1 Å². The minimum absolute atomic E-state index is 0.0210. The van der Waals surface area contributed by atoms with E-state index < -0.39 is 23.0 Å². The highest BCUT2D eigenvalue weighted by molar-refractivity contribution is 5.94. The molecule has 2 heterocycles. The van der Waals surface area contributed by atoms with Gasteiger partial charge in [-0.25, -0.2) is 8.78 Å². The monoisotopic (exact) mass is 434 g/mol. The van der Waals surface area contributed by atoms with E-state index in [-0.39, 0.29) is 11.5 Å².